The number of carboxylic acids is 1. The molecule has 1 unspecified atom stereocenters. The maximum Gasteiger partial charge on any atom is 0.354 e. The van der Waals surface area contributed by atoms with Gasteiger partial charge in [-0.1, -0.05) is 6.07 Å². The first-order valence-corrected chi connectivity index (χ1v) is 5.23. The minimum atomic E-state index is -1.13. The second kappa shape index (κ2) is 4.50. The van der Waals surface area contributed by atoms with E-state index in [1.54, 1.807) is 12.1 Å². The van der Waals surface area contributed by atoms with Crippen molar-refractivity contribution in [2.75, 3.05) is 18.1 Å². The lowest BCUT2D eigenvalue weighted by Gasteiger charge is -2.15. The fourth-order valence-corrected chi connectivity index (χ4v) is 1.82. The molecule has 1 saturated heterocycles. The normalized spacial score (nSPS) is 19.7. The Kier molecular flexibility index (Phi) is 3.06. The van der Waals surface area contributed by atoms with Crippen molar-refractivity contribution in [2.45, 2.75) is 6.42 Å². The van der Waals surface area contributed by atoms with Crippen molar-refractivity contribution >= 4 is 17.7 Å². The van der Waals surface area contributed by atoms with Crippen LogP contribution in [0.2, 0.25) is 0 Å². The van der Waals surface area contributed by atoms with Gasteiger partial charge in [0.1, 0.15) is 5.82 Å². The van der Waals surface area contributed by atoms with Gasteiger partial charge in [-0.05, 0) is 12.1 Å². The number of hydrogen-bond acceptors (Lipinski definition) is 4. The van der Waals surface area contributed by atoms with Gasteiger partial charge in [0.2, 0.25) is 5.91 Å². The number of pyridine rings is 1. The number of rotatable bonds is 3. The Morgan fingerprint density at radius 1 is 1.53 bits per heavy atom. The van der Waals surface area contributed by atoms with Gasteiger partial charge in [-0.15, -0.1) is 0 Å². The monoisotopic (exact) mass is 236 g/mol. The van der Waals surface area contributed by atoms with E-state index in [9.17, 15) is 9.59 Å². The first-order chi connectivity index (χ1) is 8.11. The molecule has 0 aromatic carbocycles. The van der Waals surface area contributed by atoms with E-state index in [0.717, 1.165) is 0 Å². The molecular formula is C11H12N2O4. The number of aliphatic hydroxyl groups excluding tert-OH is 1. The van der Waals surface area contributed by atoms with E-state index in [4.69, 9.17) is 10.2 Å². The van der Waals surface area contributed by atoms with Crippen LogP contribution in [-0.4, -0.2) is 40.2 Å². The van der Waals surface area contributed by atoms with Crippen LogP contribution in [0.5, 0.6) is 0 Å². The molecule has 1 aliphatic heterocycles. The number of carboxylic acid groups (broad SMARTS) is 1. The smallest absolute Gasteiger partial charge is 0.354 e. The number of anilines is 1. The van der Waals surface area contributed by atoms with E-state index >= 15 is 0 Å². The van der Waals surface area contributed by atoms with Crippen molar-refractivity contribution in [3.05, 3.63) is 23.9 Å². The molecule has 0 aliphatic carbocycles. The molecule has 1 aromatic heterocycles. The Labute approximate surface area is 97.5 Å². The number of nitrogens with zero attached hydrogens (tertiary/aromatic N) is 2. The SMILES string of the molecule is O=C(O)c1cccc(N2CC(CO)CC2=O)n1. The minimum Gasteiger partial charge on any atom is -0.477 e. The van der Waals surface area contributed by atoms with Crippen LogP contribution in [0.3, 0.4) is 0 Å². The van der Waals surface area contributed by atoms with Crippen LogP contribution in [0.15, 0.2) is 18.2 Å². The Balaban J connectivity index is 2.25. The molecule has 2 rings (SSSR count). The summed E-state index contributed by atoms with van der Waals surface area (Å²) in [4.78, 5) is 27.7. The molecule has 2 heterocycles. The quantitative estimate of drug-likeness (QED) is 0.778. The molecule has 6 heteroatoms. The fourth-order valence-electron chi connectivity index (χ4n) is 1.82. The average Bonchev–Trinajstić information content (AvgIpc) is 2.71. The van der Waals surface area contributed by atoms with Crippen LogP contribution in [0, 0.1) is 5.92 Å². The maximum absolute atomic E-state index is 11.7. The van der Waals surface area contributed by atoms with E-state index in [2.05, 4.69) is 4.98 Å². The van der Waals surface area contributed by atoms with Gasteiger partial charge < -0.3 is 10.2 Å². The molecule has 1 atom stereocenters. The second-order valence-corrected chi connectivity index (χ2v) is 3.94. The van der Waals surface area contributed by atoms with Crippen LogP contribution in [0.25, 0.3) is 0 Å². The average molecular weight is 236 g/mol. The number of aliphatic hydroxyl groups is 1. The number of aromatic nitrogens is 1. The zero-order valence-corrected chi connectivity index (χ0v) is 9.04. The first kappa shape index (κ1) is 11.5. The molecule has 1 aliphatic rings. The Morgan fingerprint density at radius 3 is 2.88 bits per heavy atom. The highest BCUT2D eigenvalue weighted by Gasteiger charge is 2.31. The van der Waals surface area contributed by atoms with Crippen molar-refractivity contribution in [1.29, 1.82) is 0 Å². The largest absolute Gasteiger partial charge is 0.477 e. The first-order valence-electron chi connectivity index (χ1n) is 5.23. The lowest BCUT2D eigenvalue weighted by Crippen LogP contribution is -2.26. The number of carbonyl (C=O) groups excluding carboxylic acids is 1. The Hall–Kier alpha value is -1.95. The lowest BCUT2D eigenvalue weighted by molar-refractivity contribution is -0.117. The topological polar surface area (TPSA) is 90.7 Å². The highest BCUT2D eigenvalue weighted by atomic mass is 16.4. The van der Waals surface area contributed by atoms with Crippen LogP contribution in [0.1, 0.15) is 16.9 Å². The third-order valence-electron chi connectivity index (χ3n) is 2.69. The van der Waals surface area contributed by atoms with E-state index in [-0.39, 0.29) is 30.5 Å². The fraction of sp³-hybridized carbons (Fsp3) is 0.364. The molecule has 1 aromatic rings. The summed E-state index contributed by atoms with van der Waals surface area (Å²) in [5.74, 6) is -1.04. The third-order valence-corrected chi connectivity index (χ3v) is 2.69. The van der Waals surface area contributed by atoms with E-state index < -0.39 is 5.97 Å². The predicted octanol–water partition coefficient (Wildman–Crippen LogP) is 0.125. The number of carbonyl (C=O) groups is 2. The highest BCUT2D eigenvalue weighted by Crippen LogP contribution is 2.23. The molecular weight excluding hydrogens is 224 g/mol. The summed E-state index contributed by atoms with van der Waals surface area (Å²) in [6.45, 7) is 0.326. The molecule has 0 radical (unpaired) electrons. The van der Waals surface area contributed by atoms with Gasteiger partial charge in [0, 0.05) is 25.5 Å². The molecule has 0 saturated carbocycles. The number of hydrogen-bond donors (Lipinski definition) is 2. The van der Waals surface area contributed by atoms with Crippen molar-refractivity contribution in [1.82, 2.24) is 4.98 Å². The van der Waals surface area contributed by atoms with Crippen LogP contribution in [-0.2, 0) is 4.79 Å². The van der Waals surface area contributed by atoms with Crippen LogP contribution < -0.4 is 4.90 Å². The standard InChI is InChI=1S/C11H12N2O4/c14-6-7-4-10(15)13(5-7)9-3-1-2-8(12-9)11(16)17/h1-3,7,14H,4-6H2,(H,16,17). The van der Waals surface area contributed by atoms with E-state index in [1.807, 2.05) is 0 Å². The lowest BCUT2D eigenvalue weighted by atomic mass is 10.1. The van der Waals surface area contributed by atoms with Gasteiger partial charge in [0.25, 0.3) is 0 Å². The molecule has 1 fully saturated rings. The van der Waals surface area contributed by atoms with Gasteiger partial charge >= 0.3 is 5.97 Å². The number of aromatic carboxylic acids is 1. The maximum atomic E-state index is 11.7. The third kappa shape index (κ3) is 2.26. The summed E-state index contributed by atoms with van der Waals surface area (Å²) >= 11 is 0. The van der Waals surface area contributed by atoms with Crippen molar-refractivity contribution in [3.8, 4) is 0 Å². The molecule has 1 amide bonds. The van der Waals surface area contributed by atoms with Crippen LogP contribution >= 0.6 is 0 Å². The summed E-state index contributed by atoms with van der Waals surface area (Å²) in [5.41, 5.74) is -0.0947. The van der Waals surface area contributed by atoms with Gasteiger partial charge in [-0.25, -0.2) is 9.78 Å². The zero-order valence-electron chi connectivity index (χ0n) is 9.04. The van der Waals surface area contributed by atoms with E-state index in [0.29, 0.717) is 12.4 Å². The minimum absolute atomic E-state index is 0.0547. The summed E-state index contributed by atoms with van der Waals surface area (Å²) in [6, 6.07) is 4.51. The summed E-state index contributed by atoms with van der Waals surface area (Å²) in [6.07, 6.45) is 0.273. The second-order valence-electron chi connectivity index (χ2n) is 3.94. The molecule has 0 bridgehead atoms. The van der Waals surface area contributed by atoms with Crippen molar-refractivity contribution in [3.63, 3.8) is 0 Å². The van der Waals surface area contributed by atoms with E-state index in [1.165, 1.54) is 11.0 Å². The van der Waals surface area contributed by atoms with Crippen molar-refractivity contribution in [2.24, 2.45) is 5.92 Å². The number of amides is 1. The van der Waals surface area contributed by atoms with Crippen LogP contribution in [0.4, 0.5) is 5.82 Å². The molecule has 2 N–H and O–H groups in total. The van der Waals surface area contributed by atoms with Gasteiger partial charge in [0.05, 0.1) is 0 Å². The Morgan fingerprint density at radius 2 is 2.29 bits per heavy atom. The highest BCUT2D eigenvalue weighted by molar-refractivity contribution is 5.95. The van der Waals surface area contributed by atoms with Crippen molar-refractivity contribution < 1.29 is 19.8 Å². The summed E-state index contributed by atoms with van der Waals surface area (Å²) < 4.78 is 0. The molecule has 6 nitrogen and oxygen atoms in total. The summed E-state index contributed by atoms with van der Waals surface area (Å²) in [5, 5.41) is 17.8. The molecule has 90 valence electrons. The predicted molar refractivity (Wildman–Crippen MR) is 58.7 cm³/mol. The Bertz CT molecular complexity index is 461. The van der Waals surface area contributed by atoms with Gasteiger partial charge in [0.15, 0.2) is 5.69 Å². The van der Waals surface area contributed by atoms with Gasteiger partial charge in [-0.2, -0.15) is 0 Å². The molecule has 17 heavy (non-hydrogen) atoms. The molecule has 0 spiro atoms. The zero-order chi connectivity index (χ0) is 12.4. The van der Waals surface area contributed by atoms with Gasteiger partial charge in [-0.3, -0.25) is 9.69 Å². The summed E-state index contributed by atoms with van der Waals surface area (Å²) in [7, 11) is 0.